The molecule has 0 saturated heterocycles. The second-order valence-electron chi connectivity index (χ2n) is 5.45. The van der Waals surface area contributed by atoms with Crippen molar-refractivity contribution in [2.75, 3.05) is 5.75 Å². The largest absolute Gasteiger partial charge is 0.221 e. The van der Waals surface area contributed by atoms with Crippen molar-refractivity contribution in [1.82, 2.24) is 15.0 Å². The maximum atomic E-state index is 4.61. The van der Waals surface area contributed by atoms with Gasteiger partial charge in [0.1, 0.15) is 12.2 Å². The number of hydrogen-bond donors (Lipinski definition) is 0. The van der Waals surface area contributed by atoms with Crippen LogP contribution in [0.1, 0.15) is 64.1 Å². The molecule has 1 aliphatic carbocycles. The third kappa shape index (κ3) is 5.47. The first-order valence-corrected chi connectivity index (χ1v) is 8.67. The topological polar surface area (TPSA) is 38.7 Å². The standard InChI is InChI=1S/C15H25N3S/c1-2-3-7-10-19-15-17-12-16-14(18-15)11-13-8-5-4-6-9-13/h12-13H,2-11H2,1H3. The maximum Gasteiger partial charge on any atom is 0.190 e. The van der Waals surface area contributed by atoms with E-state index >= 15 is 0 Å². The summed E-state index contributed by atoms with van der Waals surface area (Å²) in [5.74, 6) is 2.93. The van der Waals surface area contributed by atoms with Crippen molar-refractivity contribution in [3.05, 3.63) is 12.2 Å². The van der Waals surface area contributed by atoms with Gasteiger partial charge in [-0.2, -0.15) is 0 Å². The summed E-state index contributed by atoms with van der Waals surface area (Å²) >= 11 is 1.77. The van der Waals surface area contributed by atoms with Crippen LogP contribution in [-0.4, -0.2) is 20.7 Å². The van der Waals surface area contributed by atoms with Crippen LogP contribution in [0.2, 0.25) is 0 Å². The normalized spacial score (nSPS) is 16.7. The molecule has 4 heteroatoms. The zero-order valence-electron chi connectivity index (χ0n) is 12.0. The predicted octanol–water partition coefficient (Wildman–Crippen LogP) is 4.28. The SMILES string of the molecule is CCCCCSc1ncnc(CC2CCCCC2)n1. The summed E-state index contributed by atoms with van der Waals surface area (Å²) in [4.78, 5) is 13.2. The molecule has 1 heterocycles. The van der Waals surface area contributed by atoms with E-state index in [9.17, 15) is 0 Å². The molecule has 1 fully saturated rings. The molecule has 0 spiro atoms. The lowest BCUT2D eigenvalue weighted by molar-refractivity contribution is 0.350. The molecule has 0 N–H and O–H groups in total. The van der Waals surface area contributed by atoms with E-state index in [1.54, 1.807) is 18.1 Å². The lowest BCUT2D eigenvalue weighted by Crippen LogP contribution is -2.12. The van der Waals surface area contributed by atoms with Crippen LogP contribution in [0, 0.1) is 5.92 Å². The van der Waals surface area contributed by atoms with Crippen LogP contribution in [0.5, 0.6) is 0 Å². The Hall–Kier alpha value is -0.640. The Balaban J connectivity index is 1.80. The minimum absolute atomic E-state index is 0.800. The van der Waals surface area contributed by atoms with E-state index in [1.807, 2.05) is 0 Å². The molecule has 3 nitrogen and oxygen atoms in total. The number of thioether (sulfide) groups is 1. The summed E-state index contributed by atoms with van der Waals surface area (Å²) in [5.41, 5.74) is 0. The average molecular weight is 279 g/mol. The summed E-state index contributed by atoms with van der Waals surface area (Å²) in [6.45, 7) is 2.23. The van der Waals surface area contributed by atoms with Crippen LogP contribution < -0.4 is 0 Å². The van der Waals surface area contributed by atoms with Crippen LogP contribution in [-0.2, 0) is 6.42 Å². The Morgan fingerprint density at radius 2 is 2.00 bits per heavy atom. The Morgan fingerprint density at radius 3 is 2.79 bits per heavy atom. The maximum absolute atomic E-state index is 4.61. The molecule has 1 aliphatic rings. The van der Waals surface area contributed by atoms with Crippen molar-refractivity contribution in [2.45, 2.75) is 69.9 Å². The number of unbranched alkanes of at least 4 members (excludes halogenated alkanes) is 2. The zero-order valence-corrected chi connectivity index (χ0v) is 12.8. The van der Waals surface area contributed by atoms with Crippen LogP contribution in [0.3, 0.4) is 0 Å². The molecule has 0 bridgehead atoms. The van der Waals surface area contributed by atoms with Crippen LogP contribution >= 0.6 is 11.8 Å². The molecule has 2 rings (SSSR count). The summed E-state index contributed by atoms with van der Waals surface area (Å²) in [6, 6.07) is 0. The van der Waals surface area contributed by atoms with Crippen molar-refractivity contribution in [3.8, 4) is 0 Å². The Bertz CT molecular complexity index is 364. The van der Waals surface area contributed by atoms with Gasteiger partial charge < -0.3 is 0 Å². The first-order chi connectivity index (χ1) is 9.38. The quantitative estimate of drug-likeness (QED) is 0.551. The second-order valence-corrected chi connectivity index (χ2v) is 6.51. The van der Waals surface area contributed by atoms with Crippen molar-refractivity contribution >= 4 is 11.8 Å². The highest BCUT2D eigenvalue weighted by Crippen LogP contribution is 2.26. The summed E-state index contributed by atoms with van der Waals surface area (Å²) < 4.78 is 0. The fraction of sp³-hybridized carbons (Fsp3) is 0.800. The molecule has 0 atom stereocenters. The van der Waals surface area contributed by atoms with E-state index in [0.717, 1.165) is 29.1 Å². The Morgan fingerprint density at radius 1 is 1.16 bits per heavy atom. The molecular formula is C15H25N3S. The monoisotopic (exact) mass is 279 g/mol. The van der Waals surface area contributed by atoms with Gasteiger partial charge in [0.15, 0.2) is 5.16 Å². The second kappa shape index (κ2) is 8.51. The molecule has 0 radical (unpaired) electrons. The highest BCUT2D eigenvalue weighted by atomic mass is 32.2. The third-order valence-electron chi connectivity index (χ3n) is 3.77. The number of hydrogen-bond acceptors (Lipinski definition) is 4. The highest BCUT2D eigenvalue weighted by molar-refractivity contribution is 7.99. The van der Waals surface area contributed by atoms with Gasteiger partial charge in [-0.1, -0.05) is 63.6 Å². The minimum atomic E-state index is 0.800. The van der Waals surface area contributed by atoms with Gasteiger partial charge in [0.25, 0.3) is 0 Å². The first kappa shape index (κ1) is 14.8. The molecule has 19 heavy (non-hydrogen) atoms. The molecule has 1 saturated carbocycles. The smallest absolute Gasteiger partial charge is 0.190 e. The minimum Gasteiger partial charge on any atom is -0.221 e. The lowest BCUT2D eigenvalue weighted by Gasteiger charge is -2.20. The third-order valence-corrected chi connectivity index (χ3v) is 4.72. The average Bonchev–Trinajstić information content (AvgIpc) is 2.45. The predicted molar refractivity (Wildman–Crippen MR) is 80.4 cm³/mol. The number of nitrogens with zero attached hydrogens (tertiary/aromatic N) is 3. The molecule has 1 aromatic heterocycles. The molecule has 106 valence electrons. The molecule has 0 amide bonds. The first-order valence-electron chi connectivity index (χ1n) is 7.69. The number of rotatable bonds is 7. The van der Waals surface area contributed by atoms with E-state index in [0.29, 0.717) is 0 Å². The van der Waals surface area contributed by atoms with E-state index in [2.05, 4.69) is 21.9 Å². The van der Waals surface area contributed by atoms with E-state index < -0.39 is 0 Å². The van der Waals surface area contributed by atoms with Gasteiger partial charge in [-0.25, -0.2) is 15.0 Å². The van der Waals surface area contributed by atoms with Crippen LogP contribution in [0.15, 0.2) is 11.5 Å². The van der Waals surface area contributed by atoms with Gasteiger partial charge in [0.05, 0.1) is 0 Å². The number of aromatic nitrogens is 3. The van der Waals surface area contributed by atoms with Gasteiger partial charge in [0.2, 0.25) is 0 Å². The van der Waals surface area contributed by atoms with E-state index in [1.165, 1.54) is 51.4 Å². The van der Waals surface area contributed by atoms with Crippen molar-refractivity contribution in [2.24, 2.45) is 5.92 Å². The Kier molecular flexibility index (Phi) is 6.62. The van der Waals surface area contributed by atoms with Gasteiger partial charge in [-0.05, 0) is 12.3 Å². The van der Waals surface area contributed by atoms with E-state index in [4.69, 9.17) is 0 Å². The fourth-order valence-corrected chi connectivity index (χ4v) is 3.47. The van der Waals surface area contributed by atoms with Gasteiger partial charge in [0, 0.05) is 12.2 Å². The zero-order chi connectivity index (χ0) is 13.3. The molecule has 0 aliphatic heterocycles. The van der Waals surface area contributed by atoms with Crippen molar-refractivity contribution < 1.29 is 0 Å². The highest BCUT2D eigenvalue weighted by Gasteiger charge is 2.15. The van der Waals surface area contributed by atoms with Gasteiger partial charge in [-0.3, -0.25) is 0 Å². The fourth-order valence-electron chi connectivity index (χ4n) is 2.65. The van der Waals surface area contributed by atoms with Gasteiger partial charge >= 0.3 is 0 Å². The van der Waals surface area contributed by atoms with Crippen molar-refractivity contribution in [3.63, 3.8) is 0 Å². The summed E-state index contributed by atoms with van der Waals surface area (Å²) in [7, 11) is 0. The Labute approximate surface area is 121 Å². The van der Waals surface area contributed by atoms with Gasteiger partial charge in [-0.15, -0.1) is 0 Å². The van der Waals surface area contributed by atoms with Crippen molar-refractivity contribution in [1.29, 1.82) is 0 Å². The van der Waals surface area contributed by atoms with Crippen LogP contribution in [0.4, 0.5) is 0 Å². The molecular weight excluding hydrogens is 254 g/mol. The molecule has 1 aromatic rings. The summed E-state index contributed by atoms with van der Waals surface area (Å²) in [6.07, 6.45) is 13.4. The summed E-state index contributed by atoms with van der Waals surface area (Å²) in [5, 5.41) is 0.914. The molecule has 0 unspecified atom stereocenters. The lowest BCUT2D eigenvalue weighted by atomic mass is 9.87. The van der Waals surface area contributed by atoms with Crippen LogP contribution in [0.25, 0.3) is 0 Å². The molecule has 0 aromatic carbocycles. The van der Waals surface area contributed by atoms with E-state index in [-0.39, 0.29) is 0 Å².